The predicted octanol–water partition coefficient (Wildman–Crippen LogP) is 4.39. The fourth-order valence-corrected chi connectivity index (χ4v) is 5.46. The normalized spacial score (nSPS) is 30.4. The van der Waals surface area contributed by atoms with Gasteiger partial charge in [0.1, 0.15) is 5.60 Å². The zero-order valence-electron chi connectivity index (χ0n) is 13.4. The summed E-state index contributed by atoms with van der Waals surface area (Å²) >= 11 is 7.99. The average molecular weight is 349 g/mol. The molecule has 0 saturated carbocycles. The highest BCUT2D eigenvalue weighted by atomic mass is 35.5. The van der Waals surface area contributed by atoms with Crippen molar-refractivity contribution in [1.29, 1.82) is 0 Å². The number of halogens is 1. The van der Waals surface area contributed by atoms with Crippen molar-refractivity contribution >= 4 is 22.9 Å². The molecule has 0 unspecified atom stereocenters. The maximum absolute atomic E-state index is 6.38. The quantitative estimate of drug-likeness (QED) is 0.830. The van der Waals surface area contributed by atoms with E-state index in [0.29, 0.717) is 6.04 Å². The minimum absolute atomic E-state index is 0.213. The van der Waals surface area contributed by atoms with Gasteiger partial charge >= 0.3 is 0 Å². The molecular weight excluding hydrogens is 328 g/mol. The van der Waals surface area contributed by atoms with E-state index in [1.807, 2.05) is 12.3 Å². The van der Waals surface area contributed by atoms with Crippen LogP contribution in [0.5, 0.6) is 0 Å². The Morgan fingerprint density at radius 2 is 2.26 bits per heavy atom. The third-order valence-corrected chi connectivity index (χ3v) is 6.38. The number of ether oxygens (including phenoxy) is 1. The maximum atomic E-state index is 6.38. The van der Waals surface area contributed by atoms with Gasteiger partial charge in [-0.2, -0.15) is 0 Å². The Hall–Kier alpha value is -0.940. The van der Waals surface area contributed by atoms with Crippen LogP contribution in [0.25, 0.3) is 0 Å². The first kappa shape index (κ1) is 15.6. The summed E-state index contributed by atoms with van der Waals surface area (Å²) in [6.07, 6.45) is 4.76. The first-order chi connectivity index (χ1) is 11.1. The minimum atomic E-state index is -0.216. The van der Waals surface area contributed by atoms with Crippen LogP contribution in [0.2, 0.25) is 4.34 Å². The van der Waals surface area contributed by atoms with Crippen LogP contribution in [0.15, 0.2) is 24.4 Å². The Morgan fingerprint density at radius 1 is 1.39 bits per heavy atom. The van der Waals surface area contributed by atoms with E-state index in [2.05, 4.69) is 36.3 Å². The Balaban J connectivity index is 1.73. The molecule has 1 saturated heterocycles. The molecule has 1 fully saturated rings. The standard InChI is InChI=1S/C18H21ClN2OS/c1-11-3-5-20-14(7-11)15-10-18(9-12(2)21-15)17-13(4-6-22-18)8-16(19)23-17/h3,5,7-8,12,15,21H,4,6,9-10H2,1-2H3/t12-,15-,18-/m0/s1. The van der Waals surface area contributed by atoms with E-state index in [1.54, 1.807) is 11.3 Å². The molecule has 5 heteroatoms. The molecule has 0 aliphatic carbocycles. The number of nitrogens with zero attached hydrogens (tertiary/aromatic N) is 1. The predicted molar refractivity (Wildman–Crippen MR) is 94.2 cm³/mol. The number of piperidine rings is 1. The zero-order chi connectivity index (χ0) is 16.0. The van der Waals surface area contributed by atoms with Gasteiger partial charge in [-0.3, -0.25) is 4.98 Å². The van der Waals surface area contributed by atoms with Crippen LogP contribution in [0, 0.1) is 6.92 Å². The Morgan fingerprint density at radius 3 is 3.09 bits per heavy atom. The molecule has 0 bridgehead atoms. The molecule has 2 aromatic heterocycles. The smallest absolute Gasteiger partial charge is 0.106 e. The molecule has 2 aliphatic rings. The summed E-state index contributed by atoms with van der Waals surface area (Å²) in [5.74, 6) is 0. The second kappa shape index (κ2) is 5.85. The second-order valence-corrected chi connectivity index (χ2v) is 8.47. The lowest BCUT2D eigenvalue weighted by atomic mass is 9.79. The number of aryl methyl sites for hydroxylation is 1. The molecule has 0 amide bonds. The molecule has 0 aromatic carbocycles. The summed E-state index contributed by atoms with van der Waals surface area (Å²) in [6, 6.07) is 6.93. The second-order valence-electron chi connectivity index (χ2n) is 6.78. The first-order valence-corrected chi connectivity index (χ1v) is 9.36. The van der Waals surface area contributed by atoms with Crippen LogP contribution in [0.3, 0.4) is 0 Å². The van der Waals surface area contributed by atoms with E-state index in [1.165, 1.54) is 16.0 Å². The lowest BCUT2D eigenvalue weighted by Crippen LogP contribution is -2.49. The van der Waals surface area contributed by atoms with Crippen molar-refractivity contribution in [3.8, 4) is 0 Å². The fraction of sp³-hybridized carbons (Fsp3) is 0.500. The van der Waals surface area contributed by atoms with E-state index in [0.717, 1.165) is 35.9 Å². The van der Waals surface area contributed by atoms with E-state index < -0.39 is 0 Å². The van der Waals surface area contributed by atoms with Crippen molar-refractivity contribution in [3.63, 3.8) is 0 Å². The van der Waals surface area contributed by atoms with Gasteiger partial charge < -0.3 is 10.1 Å². The minimum Gasteiger partial charge on any atom is -0.369 e. The van der Waals surface area contributed by atoms with Gasteiger partial charge in [-0.25, -0.2) is 0 Å². The SMILES string of the molecule is Cc1ccnc([C@@H]2C[C@]3(C[C@H](C)N2)OCCc2cc(Cl)sc23)c1. The van der Waals surface area contributed by atoms with Crippen LogP contribution in [-0.4, -0.2) is 17.6 Å². The molecule has 4 heterocycles. The first-order valence-electron chi connectivity index (χ1n) is 8.17. The number of hydrogen-bond donors (Lipinski definition) is 1. The summed E-state index contributed by atoms with van der Waals surface area (Å²) in [7, 11) is 0. The number of pyridine rings is 1. The lowest BCUT2D eigenvalue weighted by molar-refractivity contribution is -0.0957. The number of nitrogens with one attached hydrogen (secondary N) is 1. The summed E-state index contributed by atoms with van der Waals surface area (Å²) in [5, 5.41) is 3.70. The summed E-state index contributed by atoms with van der Waals surface area (Å²) in [4.78, 5) is 5.93. The van der Waals surface area contributed by atoms with Crippen molar-refractivity contribution in [3.05, 3.63) is 50.4 Å². The largest absolute Gasteiger partial charge is 0.369 e. The number of thiophene rings is 1. The zero-order valence-corrected chi connectivity index (χ0v) is 15.0. The third-order valence-electron chi connectivity index (χ3n) is 4.89. The number of fused-ring (bicyclic) bond motifs is 2. The highest BCUT2D eigenvalue weighted by Crippen LogP contribution is 2.49. The molecule has 4 rings (SSSR count). The van der Waals surface area contributed by atoms with Gasteiger partial charge in [-0.1, -0.05) is 11.6 Å². The van der Waals surface area contributed by atoms with E-state index in [9.17, 15) is 0 Å². The molecular formula is C18H21ClN2OS. The molecule has 0 radical (unpaired) electrons. The lowest BCUT2D eigenvalue weighted by Gasteiger charge is -2.46. The third kappa shape index (κ3) is 2.82. The van der Waals surface area contributed by atoms with Crippen LogP contribution in [0.1, 0.15) is 47.5 Å². The van der Waals surface area contributed by atoms with Gasteiger partial charge in [0, 0.05) is 23.5 Å². The van der Waals surface area contributed by atoms with E-state index >= 15 is 0 Å². The monoisotopic (exact) mass is 348 g/mol. The van der Waals surface area contributed by atoms with E-state index in [-0.39, 0.29) is 11.6 Å². The number of hydrogen-bond acceptors (Lipinski definition) is 4. The van der Waals surface area contributed by atoms with Crippen molar-refractivity contribution < 1.29 is 4.74 Å². The fourth-order valence-electron chi connectivity index (χ4n) is 4.00. The van der Waals surface area contributed by atoms with Crippen molar-refractivity contribution in [2.24, 2.45) is 0 Å². The molecule has 23 heavy (non-hydrogen) atoms. The van der Waals surface area contributed by atoms with Gasteiger partial charge in [0.25, 0.3) is 0 Å². The molecule has 2 aromatic rings. The topological polar surface area (TPSA) is 34.2 Å². The van der Waals surface area contributed by atoms with Crippen molar-refractivity contribution in [2.45, 2.75) is 50.8 Å². The van der Waals surface area contributed by atoms with Gasteiger partial charge in [0.2, 0.25) is 0 Å². The average Bonchev–Trinajstić information content (AvgIpc) is 2.89. The van der Waals surface area contributed by atoms with E-state index in [4.69, 9.17) is 16.3 Å². The molecule has 122 valence electrons. The van der Waals surface area contributed by atoms with Gasteiger partial charge in [-0.15, -0.1) is 11.3 Å². The molecule has 2 aliphatic heterocycles. The highest BCUT2D eigenvalue weighted by molar-refractivity contribution is 7.16. The summed E-state index contributed by atoms with van der Waals surface area (Å²) in [6.45, 7) is 5.12. The van der Waals surface area contributed by atoms with Gasteiger partial charge in [0.15, 0.2) is 0 Å². The van der Waals surface area contributed by atoms with Gasteiger partial charge in [0.05, 0.1) is 22.7 Å². The van der Waals surface area contributed by atoms with Crippen molar-refractivity contribution in [2.75, 3.05) is 6.61 Å². The molecule has 1 spiro atoms. The summed E-state index contributed by atoms with van der Waals surface area (Å²) < 4.78 is 7.25. The maximum Gasteiger partial charge on any atom is 0.106 e. The van der Waals surface area contributed by atoms with Crippen LogP contribution in [-0.2, 0) is 16.8 Å². The number of rotatable bonds is 1. The Labute approximate surface area is 146 Å². The molecule has 3 nitrogen and oxygen atoms in total. The summed E-state index contributed by atoms with van der Waals surface area (Å²) in [5.41, 5.74) is 3.51. The van der Waals surface area contributed by atoms with Crippen LogP contribution < -0.4 is 5.32 Å². The molecule has 3 atom stereocenters. The van der Waals surface area contributed by atoms with Gasteiger partial charge in [-0.05, 0) is 56.0 Å². The van der Waals surface area contributed by atoms with Crippen molar-refractivity contribution in [1.82, 2.24) is 10.3 Å². The Bertz CT molecular complexity index is 732. The molecule has 1 N–H and O–H groups in total. The highest BCUT2D eigenvalue weighted by Gasteiger charge is 2.46. The van der Waals surface area contributed by atoms with Crippen LogP contribution >= 0.6 is 22.9 Å². The Kier molecular flexibility index (Phi) is 3.96. The number of aromatic nitrogens is 1. The van der Waals surface area contributed by atoms with Crippen LogP contribution in [0.4, 0.5) is 0 Å².